The Hall–Kier alpha value is -0.680. The van der Waals surface area contributed by atoms with Crippen LogP contribution in [0.1, 0.15) is 19.5 Å². The van der Waals surface area contributed by atoms with Gasteiger partial charge >= 0.3 is 5.97 Å². The molecule has 0 saturated heterocycles. The number of carbonyl (C=O) groups is 1. The van der Waals surface area contributed by atoms with E-state index < -0.39 is 0 Å². The predicted molar refractivity (Wildman–Crippen MR) is 59.2 cm³/mol. The summed E-state index contributed by atoms with van der Waals surface area (Å²) in [6.45, 7) is 5.04. The molecule has 0 amide bonds. The molecule has 0 saturated carbocycles. The maximum atomic E-state index is 11.2. The molecule has 0 aliphatic rings. The minimum Gasteiger partial charge on any atom is -0.466 e. The second-order valence-corrected chi connectivity index (χ2v) is 4.22. The average Bonchev–Trinajstić information content (AvgIpc) is 2.47. The van der Waals surface area contributed by atoms with Crippen LogP contribution in [-0.4, -0.2) is 17.1 Å². The van der Waals surface area contributed by atoms with Crippen LogP contribution in [0.4, 0.5) is 0 Å². The summed E-state index contributed by atoms with van der Waals surface area (Å²) >= 11 is 6.60. The second-order valence-electron chi connectivity index (χ2n) is 2.72. The fourth-order valence-corrected chi connectivity index (χ4v) is 2.40. The number of aromatic nitrogens is 1. The second kappa shape index (κ2) is 5.26. The molecule has 0 atom stereocenters. The van der Waals surface area contributed by atoms with Gasteiger partial charge in [-0.25, -0.2) is 0 Å². The van der Waals surface area contributed by atoms with E-state index in [1.54, 1.807) is 6.92 Å². The van der Waals surface area contributed by atoms with Gasteiger partial charge in [0.1, 0.15) is 0 Å². The molecule has 5 heteroatoms. The first-order valence-corrected chi connectivity index (χ1v) is 5.80. The summed E-state index contributed by atoms with van der Waals surface area (Å²) in [4.78, 5) is 11.2. The highest BCUT2D eigenvalue weighted by molar-refractivity contribution is 7.73. The van der Waals surface area contributed by atoms with Gasteiger partial charge in [-0.3, -0.25) is 4.79 Å². The van der Waals surface area contributed by atoms with E-state index in [2.05, 4.69) is 0 Å². The number of hydrogen-bond acceptors (Lipinski definition) is 4. The van der Waals surface area contributed by atoms with Gasteiger partial charge in [0.2, 0.25) is 0 Å². The lowest BCUT2D eigenvalue weighted by molar-refractivity contribution is -0.142. The molecule has 0 fully saturated rings. The van der Waals surface area contributed by atoms with Crippen molar-refractivity contribution in [3.8, 4) is 0 Å². The van der Waals surface area contributed by atoms with Crippen LogP contribution in [0, 0.1) is 3.95 Å². The molecule has 1 heterocycles. The zero-order chi connectivity index (χ0) is 10.6. The molecule has 1 rings (SSSR count). The highest BCUT2D eigenvalue weighted by atomic mass is 32.1. The summed E-state index contributed by atoms with van der Waals surface area (Å²) in [6, 6.07) is 0. The Bertz CT molecular complexity index is 367. The molecule has 1 aromatic heterocycles. The minimum atomic E-state index is -0.192. The third-order valence-electron chi connectivity index (χ3n) is 1.81. The van der Waals surface area contributed by atoms with E-state index in [1.165, 1.54) is 11.3 Å². The quantitative estimate of drug-likeness (QED) is 0.589. The van der Waals surface area contributed by atoms with Crippen LogP contribution in [0.3, 0.4) is 0 Å². The van der Waals surface area contributed by atoms with Crippen LogP contribution in [0.25, 0.3) is 0 Å². The van der Waals surface area contributed by atoms with Crippen LogP contribution < -0.4 is 0 Å². The van der Waals surface area contributed by atoms with E-state index in [4.69, 9.17) is 17.0 Å². The van der Waals surface area contributed by atoms with E-state index >= 15 is 0 Å². The minimum absolute atomic E-state index is 0.192. The third-order valence-corrected chi connectivity index (χ3v) is 3.13. The normalized spacial score (nSPS) is 10.1. The van der Waals surface area contributed by atoms with Gasteiger partial charge < -0.3 is 9.30 Å². The van der Waals surface area contributed by atoms with Crippen molar-refractivity contribution in [3.05, 3.63) is 15.0 Å². The monoisotopic (exact) mass is 231 g/mol. The summed E-state index contributed by atoms with van der Waals surface area (Å²) in [6.07, 6.45) is 0.314. The number of esters is 1. The van der Waals surface area contributed by atoms with Crippen LogP contribution in [0.5, 0.6) is 0 Å². The number of ether oxygens (including phenoxy) is 1. The molecular formula is C9H13NO2S2. The Labute approximate surface area is 92.3 Å². The Morgan fingerprint density at radius 2 is 2.36 bits per heavy atom. The van der Waals surface area contributed by atoms with Crippen molar-refractivity contribution in [2.75, 3.05) is 6.61 Å². The molecule has 0 bridgehead atoms. The highest BCUT2D eigenvalue weighted by Gasteiger charge is 2.08. The average molecular weight is 231 g/mol. The van der Waals surface area contributed by atoms with Gasteiger partial charge in [-0.15, -0.1) is 11.3 Å². The van der Waals surface area contributed by atoms with Crippen molar-refractivity contribution in [2.45, 2.75) is 26.8 Å². The molecule has 1 aromatic rings. The summed E-state index contributed by atoms with van der Waals surface area (Å²) in [7, 11) is 0. The SMILES string of the molecule is CCOC(=O)Cc1csc(=S)n1CC. The number of hydrogen-bond donors (Lipinski definition) is 0. The maximum Gasteiger partial charge on any atom is 0.311 e. The molecule has 0 aliphatic heterocycles. The Morgan fingerprint density at radius 1 is 1.64 bits per heavy atom. The zero-order valence-corrected chi connectivity index (χ0v) is 9.91. The number of carbonyl (C=O) groups excluding carboxylic acids is 1. The molecule has 0 unspecified atom stereocenters. The van der Waals surface area contributed by atoms with Crippen molar-refractivity contribution >= 4 is 29.5 Å². The Morgan fingerprint density at radius 3 is 2.93 bits per heavy atom. The van der Waals surface area contributed by atoms with E-state index in [0.717, 1.165) is 16.2 Å². The number of rotatable bonds is 4. The largest absolute Gasteiger partial charge is 0.466 e. The van der Waals surface area contributed by atoms with Crippen molar-refractivity contribution in [2.24, 2.45) is 0 Å². The maximum absolute atomic E-state index is 11.2. The van der Waals surface area contributed by atoms with Crippen LogP contribution in [0.15, 0.2) is 5.38 Å². The highest BCUT2D eigenvalue weighted by Crippen LogP contribution is 2.12. The van der Waals surface area contributed by atoms with Gasteiger partial charge in [0.05, 0.1) is 13.0 Å². The molecule has 14 heavy (non-hydrogen) atoms. The fraction of sp³-hybridized carbons (Fsp3) is 0.556. The Kier molecular flexibility index (Phi) is 4.28. The number of nitrogens with zero attached hydrogens (tertiary/aromatic N) is 1. The fourth-order valence-electron chi connectivity index (χ4n) is 1.19. The summed E-state index contributed by atoms with van der Waals surface area (Å²) in [5, 5.41) is 1.92. The summed E-state index contributed by atoms with van der Waals surface area (Å²) in [5.74, 6) is -0.192. The molecule has 0 aromatic carbocycles. The molecule has 0 radical (unpaired) electrons. The first-order valence-electron chi connectivity index (χ1n) is 4.51. The molecule has 0 aliphatic carbocycles. The van der Waals surface area contributed by atoms with Gasteiger partial charge in [0, 0.05) is 17.6 Å². The smallest absolute Gasteiger partial charge is 0.311 e. The van der Waals surface area contributed by atoms with E-state index in [0.29, 0.717) is 13.0 Å². The van der Waals surface area contributed by atoms with Gasteiger partial charge in [-0.2, -0.15) is 0 Å². The van der Waals surface area contributed by atoms with Gasteiger partial charge in [-0.1, -0.05) is 0 Å². The van der Waals surface area contributed by atoms with Crippen molar-refractivity contribution in [3.63, 3.8) is 0 Å². The van der Waals surface area contributed by atoms with Gasteiger partial charge in [-0.05, 0) is 26.1 Å². The van der Waals surface area contributed by atoms with Crippen LogP contribution >= 0.6 is 23.6 Å². The topological polar surface area (TPSA) is 31.2 Å². The molecule has 3 nitrogen and oxygen atoms in total. The molecule has 0 spiro atoms. The predicted octanol–water partition coefficient (Wildman–Crippen LogP) is 2.40. The van der Waals surface area contributed by atoms with E-state index in [1.807, 2.05) is 16.9 Å². The van der Waals surface area contributed by atoms with Crippen molar-refractivity contribution in [1.82, 2.24) is 4.57 Å². The molecule has 78 valence electrons. The zero-order valence-electron chi connectivity index (χ0n) is 8.28. The molecule has 0 N–H and O–H groups in total. The standard InChI is InChI=1S/C9H13NO2S2/c1-3-10-7(6-14-9(10)13)5-8(11)12-4-2/h6H,3-5H2,1-2H3. The lowest BCUT2D eigenvalue weighted by atomic mass is 10.3. The van der Waals surface area contributed by atoms with Crippen LogP contribution in [-0.2, 0) is 22.5 Å². The summed E-state index contributed by atoms with van der Waals surface area (Å²) in [5.41, 5.74) is 0.945. The van der Waals surface area contributed by atoms with Gasteiger partial charge in [0.25, 0.3) is 0 Å². The van der Waals surface area contributed by atoms with E-state index in [-0.39, 0.29) is 5.97 Å². The summed E-state index contributed by atoms with van der Waals surface area (Å²) < 4.78 is 7.64. The van der Waals surface area contributed by atoms with Crippen molar-refractivity contribution in [1.29, 1.82) is 0 Å². The van der Waals surface area contributed by atoms with Gasteiger partial charge in [0.15, 0.2) is 3.95 Å². The lowest BCUT2D eigenvalue weighted by Gasteiger charge is -2.04. The first-order chi connectivity index (χ1) is 6.69. The van der Waals surface area contributed by atoms with Crippen LogP contribution in [0.2, 0.25) is 0 Å². The first kappa shape index (κ1) is 11.4. The lowest BCUT2D eigenvalue weighted by Crippen LogP contribution is -2.11. The Balaban J connectivity index is 2.76. The third kappa shape index (κ3) is 2.65. The number of thiazole rings is 1. The van der Waals surface area contributed by atoms with E-state index in [9.17, 15) is 4.79 Å². The van der Waals surface area contributed by atoms with Crippen molar-refractivity contribution < 1.29 is 9.53 Å². The molecular weight excluding hydrogens is 218 g/mol.